The minimum absolute atomic E-state index is 0.00909. The molecule has 0 spiro atoms. The van der Waals surface area contributed by atoms with E-state index < -0.39 is 51.2 Å². The third-order valence-electron chi connectivity index (χ3n) is 5.18. The summed E-state index contributed by atoms with van der Waals surface area (Å²) in [6.45, 7) is 4.55. The first-order valence-corrected chi connectivity index (χ1v) is 12.8. The molecule has 192 valence electrons. The van der Waals surface area contributed by atoms with Gasteiger partial charge in [0, 0.05) is 13.1 Å². The first kappa shape index (κ1) is 28.4. The van der Waals surface area contributed by atoms with Crippen molar-refractivity contribution in [2.45, 2.75) is 39.5 Å². The van der Waals surface area contributed by atoms with Crippen LogP contribution in [-0.2, 0) is 32.3 Å². The normalized spacial score (nSPS) is 12.7. The van der Waals surface area contributed by atoms with Gasteiger partial charge in [-0.05, 0) is 44.5 Å². The smallest absolute Gasteiger partial charge is 0.355 e. The van der Waals surface area contributed by atoms with Crippen LogP contribution in [0.5, 0.6) is 0 Å². The summed E-state index contributed by atoms with van der Waals surface area (Å²) in [6, 6.07) is 8.81. The van der Waals surface area contributed by atoms with E-state index in [1.807, 2.05) is 19.1 Å². The zero-order valence-corrected chi connectivity index (χ0v) is 21.3. The Kier molecular flexibility index (Phi) is 9.18. The van der Waals surface area contributed by atoms with Gasteiger partial charge < -0.3 is 10.2 Å². The van der Waals surface area contributed by atoms with E-state index in [9.17, 15) is 31.2 Å². The number of carbonyl (C=O) groups excluding carboxylic acids is 2. The lowest BCUT2D eigenvalue weighted by atomic mass is 10.1. The van der Waals surface area contributed by atoms with E-state index in [0.717, 1.165) is 24.0 Å². The molecule has 2 aromatic carbocycles. The van der Waals surface area contributed by atoms with Crippen LogP contribution in [0.1, 0.15) is 30.5 Å². The number of halogens is 4. The number of likely N-dealkylation sites (N-methyl/N-ethyl adjacent to an activating group) is 1. The average molecular weight is 534 g/mol. The van der Waals surface area contributed by atoms with Gasteiger partial charge in [0.25, 0.3) is 0 Å². The Labute approximate surface area is 207 Å². The van der Waals surface area contributed by atoms with Crippen molar-refractivity contribution < 1.29 is 31.2 Å². The second kappa shape index (κ2) is 11.3. The van der Waals surface area contributed by atoms with E-state index in [-0.39, 0.29) is 12.2 Å². The molecular formula is C23H27ClF3N3O4S. The SMILES string of the molecule is CCNC(=O)[C@@H](C)N(Cc1cccc(C)c1)C(=O)CN(c1ccc(Cl)c(C(F)(F)F)c1)S(C)(=O)=O. The standard InChI is InChI=1S/C23H27ClF3N3O4S/c1-5-28-22(32)16(3)29(13-17-8-6-7-15(2)11-17)21(31)14-30(35(4,33)34)18-9-10-20(24)19(12-18)23(25,26)27/h6-12,16H,5,13-14H2,1-4H3,(H,28,32)/t16-/m1/s1. The predicted molar refractivity (Wildman–Crippen MR) is 129 cm³/mol. The summed E-state index contributed by atoms with van der Waals surface area (Å²) >= 11 is 5.66. The number of alkyl halides is 3. The van der Waals surface area contributed by atoms with Gasteiger partial charge in [-0.15, -0.1) is 0 Å². The van der Waals surface area contributed by atoms with Crippen LogP contribution in [0.3, 0.4) is 0 Å². The van der Waals surface area contributed by atoms with Crippen LogP contribution in [0.25, 0.3) is 0 Å². The topological polar surface area (TPSA) is 86.8 Å². The molecular weight excluding hydrogens is 507 g/mol. The van der Waals surface area contributed by atoms with Crippen LogP contribution in [0.2, 0.25) is 5.02 Å². The Morgan fingerprint density at radius 1 is 1.14 bits per heavy atom. The molecule has 2 rings (SSSR count). The van der Waals surface area contributed by atoms with Gasteiger partial charge in [-0.1, -0.05) is 41.4 Å². The molecule has 0 saturated carbocycles. The van der Waals surface area contributed by atoms with Crippen molar-refractivity contribution in [3.05, 3.63) is 64.2 Å². The Bertz CT molecular complexity index is 1190. The highest BCUT2D eigenvalue weighted by atomic mass is 35.5. The minimum Gasteiger partial charge on any atom is -0.355 e. The first-order valence-electron chi connectivity index (χ1n) is 10.6. The fourth-order valence-electron chi connectivity index (χ4n) is 3.41. The number of nitrogens with zero attached hydrogens (tertiary/aromatic N) is 2. The maximum atomic E-state index is 13.4. The van der Waals surface area contributed by atoms with Crippen molar-refractivity contribution in [3.8, 4) is 0 Å². The molecule has 2 amide bonds. The predicted octanol–water partition coefficient (Wildman–Crippen LogP) is 3.99. The van der Waals surface area contributed by atoms with Gasteiger partial charge in [-0.2, -0.15) is 13.2 Å². The van der Waals surface area contributed by atoms with Crippen LogP contribution in [0.4, 0.5) is 18.9 Å². The van der Waals surface area contributed by atoms with E-state index in [1.165, 1.54) is 11.8 Å². The zero-order chi connectivity index (χ0) is 26.6. The summed E-state index contributed by atoms with van der Waals surface area (Å²) in [5.74, 6) is -1.22. The van der Waals surface area contributed by atoms with E-state index in [1.54, 1.807) is 19.1 Å². The molecule has 1 N–H and O–H groups in total. The van der Waals surface area contributed by atoms with Gasteiger partial charge in [-0.25, -0.2) is 8.42 Å². The molecule has 0 bridgehead atoms. The molecule has 7 nitrogen and oxygen atoms in total. The molecule has 35 heavy (non-hydrogen) atoms. The van der Waals surface area contributed by atoms with Crippen LogP contribution >= 0.6 is 11.6 Å². The van der Waals surface area contributed by atoms with Crippen molar-refractivity contribution in [2.24, 2.45) is 0 Å². The Morgan fingerprint density at radius 2 is 1.80 bits per heavy atom. The number of hydrogen-bond acceptors (Lipinski definition) is 4. The number of anilines is 1. The number of aryl methyl sites for hydroxylation is 1. The monoisotopic (exact) mass is 533 g/mol. The molecule has 0 aliphatic heterocycles. The van der Waals surface area contributed by atoms with Gasteiger partial charge in [-0.3, -0.25) is 13.9 Å². The number of amides is 2. The third-order valence-corrected chi connectivity index (χ3v) is 6.65. The first-order chi connectivity index (χ1) is 16.1. The molecule has 0 aliphatic rings. The van der Waals surface area contributed by atoms with E-state index in [2.05, 4.69) is 5.32 Å². The summed E-state index contributed by atoms with van der Waals surface area (Å²) in [5, 5.41) is 2.01. The fraction of sp³-hybridized carbons (Fsp3) is 0.391. The molecule has 0 radical (unpaired) electrons. The number of hydrogen-bond donors (Lipinski definition) is 1. The Balaban J connectivity index is 2.47. The van der Waals surface area contributed by atoms with Crippen molar-refractivity contribution >= 4 is 39.1 Å². The minimum atomic E-state index is -4.83. The van der Waals surface area contributed by atoms with Crippen LogP contribution in [0.15, 0.2) is 42.5 Å². The lowest BCUT2D eigenvalue weighted by molar-refractivity contribution is -0.139. The second-order valence-electron chi connectivity index (χ2n) is 8.01. The maximum Gasteiger partial charge on any atom is 0.417 e. The Hall–Kier alpha value is -2.79. The number of rotatable bonds is 9. The zero-order valence-electron chi connectivity index (χ0n) is 19.7. The highest BCUT2D eigenvalue weighted by Crippen LogP contribution is 2.37. The van der Waals surface area contributed by atoms with Gasteiger partial charge in [0.2, 0.25) is 21.8 Å². The van der Waals surface area contributed by atoms with E-state index >= 15 is 0 Å². The molecule has 0 fully saturated rings. The second-order valence-corrected chi connectivity index (χ2v) is 10.3. The lowest BCUT2D eigenvalue weighted by Gasteiger charge is -2.31. The van der Waals surface area contributed by atoms with Gasteiger partial charge >= 0.3 is 6.18 Å². The van der Waals surface area contributed by atoms with E-state index in [4.69, 9.17) is 11.6 Å². The molecule has 12 heteroatoms. The Morgan fingerprint density at radius 3 is 2.34 bits per heavy atom. The van der Waals surface area contributed by atoms with Crippen LogP contribution in [-0.4, -0.2) is 50.5 Å². The third kappa shape index (κ3) is 7.60. The van der Waals surface area contributed by atoms with Crippen molar-refractivity contribution in [2.75, 3.05) is 23.7 Å². The van der Waals surface area contributed by atoms with Crippen molar-refractivity contribution in [1.29, 1.82) is 0 Å². The van der Waals surface area contributed by atoms with Crippen molar-refractivity contribution in [3.63, 3.8) is 0 Å². The summed E-state index contributed by atoms with van der Waals surface area (Å²) < 4.78 is 65.6. The van der Waals surface area contributed by atoms with Crippen molar-refractivity contribution in [1.82, 2.24) is 10.2 Å². The van der Waals surface area contributed by atoms with Gasteiger partial charge in [0.15, 0.2) is 0 Å². The van der Waals surface area contributed by atoms with E-state index in [0.29, 0.717) is 22.5 Å². The largest absolute Gasteiger partial charge is 0.417 e. The lowest BCUT2D eigenvalue weighted by Crippen LogP contribution is -2.51. The summed E-state index contributed by atoms with van der Waals surface area (Å²) in [6.07, 6.45) is -4.05. The van der Waals surface area contributed by atoms with Crippen LogP contribution in [0, 0.1) is 6.92 Å². The number of nitrogens with one attached hydrogen (secondary N) is 1. The maximum absolute atomic E-state index is 13.4. The number of carbonyl (C=O) groups is 2. The molecule has 0 heterocycles. The highest BCUT2D eigenvalue weighted by molar-refractivity contribution is 7.92. The summed E-state index contributed by atoms with van der Waals surface area (Å²) in [5.41, 5.74) is 0.00856. The highest BCUT2D eigenvalue weighted by Gasteiger charge is 2.35. The summed E-state index contributed by atoms with van der Waals surface area (Å²) in [7, 11) is -4.18. The molecule has 1 atom stereocenters. The molecule has 0 unspecified atom stereocenters. The van der Waals surface area contributed by atoms with Crippen LogP contribution < -0.4 is 9.62 Å². The number of sulfonamides is 1. The quantitative estimate of drug-likeness (QED) is 0.528. The molecule has 0 aromatic heterocycles. The molecule has 2 aromatic rings. The molecule has 0 aliphatic carbocycles. The average Bonchev–Trinajstić information content (AvgIpc) is 2.74. The van der Waals surface area contributed by atoms with Gasteiger partial charge in [0.1, 0.15) is 12.6 Å². The van der Waals surface area contributed by atoms with Gasteiger partial charge in [0.05, 0.1) is 22.5 Å². The number of benzene rings is 2. The fourth-order valence-corrected chi connectivity index (χ4v) is 4.48. The molecule has 0 saturated heterocycles. The summed E-state index contributed by atoms with van der Waals surface area (Å²) in [4.78, 5) is 27.1.